The molecule has 1 aromatic rings. The number of rotatable bonds is 5. The predicted molar refractivity (Wildman–Crippen MR) is 87.7 cm³/mol. The van der Waals surface area contributed by atoms with Crippen molar-refractivity contribution < 1.29 is 9.90 Å². The smallest absolute Gasteiger partial charge is 0.234 e. The summed E-state index contributed by atoms with van der Waals surface area (Å²) in [5.41, 5.74) is 3.03. The Kier molecular flexibility index (Phi) is 5.33. The number of aryl methyl sites for hydroxylation is 1. The van der Waals surface area contributed by atoms with Gasteiger partial charge in [-0.25, -0.2) is 0 Å². The minimum absolute atomic E-state index is 0.0368. The maximum absolute atomic E-state index is 12.2. The molecule has 0 unspecified atom stereocenters. The summed E-state index contributed by atoms with van der Waals surface area (Å²) in [5.74, 6) is 0.786. The van der Waals surface area contributed by atoms with E-state index in [9.17, 15) is 9.90 Å². The molecular weight excluding hydrogens is 292 g/mol. The number of carbonyl (C=O) groups excluding carboxylic acids is 1. The minimum Gasteiger partial charge on any atom is -0.390 e. The molecular formula is C17H28N4O2. The molecule has 1 fully saturated rings. The Labute approximate surface area is 137 Å². The number of nitrogens with one attached hydrogen (secondary N) is 1. The molecule has 0 saturated heterocycles. The second-order valence-corrected chi connectivity index (χ2v) is 6.92. The Morgan fingerprint density at radius 3 is 2.87 bits per heavy atom. The van der Waals surface area contributed by atoms with Crippen LogP contribution < -0.4 is 5.32 Å². The highest BCUT2D eigenvalue weighted by Crippen LogP contribution is 2.23. The van der Waals surface area contributed by atoms with Crippen LogP contribution in [0.2, 0.25) is 0 Å². The average Bonchev–Trinajstić information content (AvgIpc) is 2.89. The van der Waals surface area contributed by atoms with Crippen LogP contribution in [0.3, 0.4) is 0 Å². The first-order valence-corrected chi connectivity index (χ1v) is 8.81. The lowest BCUT2D eigenvalue weighted by atomic mass is 9.89. The van der Waals surface area contributed by atoms with E-state index < -0.39 is 0 Å². The number of aliphatic hydroxyl groups excluding tert-OH is 1. The molecule has 2 aliphatic rings. The summed E-state index contributed by atoms with van der Waals surface area (Å²) in [6, 6.07) is 0. The van der Waals surface area contributed by atoms with Crippen LogP contribution in [0.25, 0.3) is 0 Å². The zero-order valence-corrected chi connectivity index (χ0v) is 14.1. The molecule has 1 saturated carbocycles. The molecule has 0 spiro atoms. The van der Waals surface area contributed by atoms with E-state index in [0.29, 0.717) is 19.0 Å². The third kappa shape index (κ3) is 3.93. The number of carbonyl (C=O) groups is 1. The molecule has 0 atom stereocenters. The first kappa shape index (κ1) is 16.5. The molecule has 0 bridgehead atoms. The Morgan fingerprint density at radius 2 is 2.13 bits per heavy atom. The van der Waals surface area contributed by atoms with Crippen molar-refractivity contribution in [2.45, 2.75) is 51.7 Å². The molecule has 0 radical (unpaired) electrons. The van der Waals surface area contributed by atoms with Crippen LogP contribution in [0, 0.1) is 5.92 Å². The fourth-order valence-electron chi connectivity index (χ4n) is 3.90. The Bertz CT molecular complexity index is 549. The first-order chi connectivity index (χ1) is 11.2. The van der Waals surface area contributed by atoms with Gasteiger partial charge in [-0.2, -0.15) is 5.10 Å². The SMILES string of the molecule is Cn1nc(CO)c2c1CCN(CC(=O)NCC1CCCCC1)C2. The summed E-state index contributed by atoms with van der Waals surface area (Å²) in [6.45, 7) is 2.80. The highest BCUT2D eigenvalue weighted by molar-refractivity contribution is 5.78. The fraction of sp³-hybridized carbons (Fsp3) is 0.765. The number of nitrogens with zero attached hydrogens (tertiary/aromatic N) is 3. The van der Waals surface area contributed by atoms with E-state index in [1.165, 1.54) is 37.8 Å². The van der Waals surface area contributed by atoms with Gasteiger partial charge >= 0.3 is 0 Å². The maximum Gasteiger partial charge on any atom is 0.234 e. The standard InChI is InChI=1S/C17H28N4O2/c1-20-16-7-8-21(10-14(16)15(12-22)19-20)11-17(23)18-9-13-5-3-2-4-6-13/h13,22H,2-12H2,1H3,(H,18,23). The molecule has 2 heterocycles. The van der Waals surface area contributed by atoms with Gasteiger partial charge in [0, 0.05) is 44.4 Å². The lowest BCUT2D eigenvalue weighted by Gasteiger charge is -2.27. The normalized spacial score (nSPS) is 19.6. The topological polar surface area (TPSA) is 70.4 Å². The van der Waals surface area contributed by atoms with Gasteiger partial charge in [0.1, 0.15) is 0 Å². The van der Waals surface area contributed by atoms with E-state index in [2.05, 4.69) is 15.3 Å². The Morgan fingerprint density at radius 1 is 1.35 bits per heavy atom. The van der Waals surface area contributed by atoms with Gasteiger partial charge in [-0.1, -0.05) is 19.3 Å². The molecule has 6 heteroatoms. The highest BCUT2D eigenvalue weighted by Gasteiger charge is 2.24. The van der Waals surface area contributed by atoms with Gasteiger partial charge < -0.3 is 10.4 Å². The van der Waals surface area contributed by atoms with Gasteiger partial charge in [-0.15, -0.1) is 0 Å². The molecule has 3 rings (SSSR count). The first-order valence-electron chi connectivity index (χ1n) is 8.81. The second kappa shape index (κ2) is 7.45. The van der Waals surface area contributed by atoms with Crippen LogP contribution in [0.4, 0.5) is 0 Å². The minimum atomic E-state index is -0.0368. The molecule has 2 N–H and O–H groups in total. The van der Waals surface area contributed by atoms with Crippen LogP contribution in [-0.4, -0.2) is 45.3 Å². The highest BCUT2D eigenvalue weighted by atomic mass is 16.3. The molecule has 23 heavy (non-hydrogen) atoms. The molecule has 1 aromatic heterocycles. The number of hydrogen-bond donors (Lipinski definition) is 2. The van der Waals surface area contributed by atoms with Crippen LogP contribution in [0.15, 0.2) is 0 Å². The number of amides is 1. The van der Waals surface area contributed by atoms with Crippen molar-refractivity contribution in [3.05, 3.63) is 17.0 Å². The van der Waals surface area contributed by atoms with Crippen LogP contribution in [-0.2, 0) is 31.4 Å². The molecule has 1 amide bonds. The van der Waals surface area contributed by atoms with Gasteiger partial charge in [-0.3, -0.25) is 14.4 Å². The van der Waals surface area contributed by atoms with Gasteiger partial charge in [0.2, 0.25) is 5.91 Å². The largest absolute Gasteiger partial charge is 0.390 e. The van der Waals surface area contributed by atoms with E-state index in [-0.39, 0.29) is 12.5 Å². The molecule has 0 aromatic carbocycles. The third-order valence-electron chi connectivity index (χ3n) is 5.23. The summed E-state index contributed by atoms with van der Waals surface area (Å²) < 4.78 is 1.86. The fourth-order valence-corrected chi connectivity index (χ4v) is 3.90. The van der Waals surface area contributed by atoms with E-state index in [1.807, 2.05) is 11.7 Å². The van der Waals surface area contributed by atoms with Crippen molar-refractivity contribution in [1.82, 2.24) is 20.0 Å². The third-order valence-corrected chi connectivity index (χ3v) is 5.23. The van der Waals surface area contributed by atoms with Crippen molar-refractivity contribution >= 4 is 5.91 Å². The summed E-state index contributed by atoms with van der Waals surface area (Å²) in [4.78, 5) is 14.4. The summed E-state index contributed by atoms with van der Waals surface area (Å²) in [6.07, 6.45) is 7.35. The number of hydrogen-bond acceptors (Lipinski definition) is 4. The monoisotopic (exact) mass is 320 g/mol. The number of fused-ring (bicyclic) bond motifs is 1. The lowest BCUT2D eigenvalue weighted by Crippen LogP contribution is -2.41. The van der Waals surface area contributed by atoms with E-state index >= 15 is 0 Å². The summed E-state index contributed by atoms with van der Waals surface area (Å²) >= 11 is 0. The quantitative estimate of drug-likeness (QED) is 0.848. The van der Waals surface area contributed by atoms with Gasteiger partial charge in [0.25, 0.3) is 0 Å². The van der Waals surface area contributed by atoms with Crippen LogP contribution in [0.5, 0.6) is 0 Å². The number of aromatic nitrogens is 2. The predicted octanol–water partition coefficient (Wildman–Crippen LogP) is 0.967. The van der Waals surface area contributed by atoms with Crippen molar-refractivity contribution in [2.75, 3.05) is 19.6 Å². The summed E-state index contributed by atoms with van der Waals surface area (Å²) in [7, 11) is 1.92. The molecule has 1 aliphatic carbocycles. The molecule has 1 aliphatic heterocycles. The van der Waals surface area contributed by atoms with Gasteiger partial charge in [0.05, 0.1) is 18.8 Å². The van der Waals surface area contributed by atoms with Crippen LogP contribution >= 0.6 is 0 Å². The van der Waals surface area contributed by atoms with Crippen molar-refractivity contribution in [1.29, 1.82) is 0 Å². The van der Waals surface area contributed by atoms with Gasteiger partial charge in [0.15, 0.2) is 0 Å². The second-order valence-electron chi connectivity index (χ2n) is 6.92. The van der Waals surface area contributed by atoms with Crippen LogP contribution in [0.1, 0.15) is 49.1 Å². The van der Waals surface area contributed by atoms with Crippen molar-refractivity contribution in [3.8, 4) is 0 Å². The Balaban J connectivity index is 1.49. The van der Waals surface area contributed by atoms with Crippen molar-refractivity contribution in [2.24, 2.45) is 13.0 Å². The van der Waals surface area contributed by atoms with Gasteiger partial charge in [-0.05, 0) is 18.8 Å². The zero-order chi connectivity index (χ0) is 16.2. The zero-order valence-electron chi connectivity index (χ0n) is 14.1. The maximum atomic E-state index is 12.2. The Hall–Kier alpha value is -1.40. The van der Waals surface area contributed by atoms with Crippen molar-refractivity contribution in [3.63, 3.8) is 0 Å². The van der Waals surface area contributed by atoms with E-state index in [1.54, 1.807) is 0 Å². The van der Waals surface area contributed by atoms with E-state index in [4.69, 9.17) is 0 Å². The number of aliphatic hydroxyl groups is 1. The molecule has 6 nitrogen and oxygen atoms in total. The lowest BCUT2D eigenvalue weighted by molar-refractivity contribution is -0.122. The molecule has 128 valence electrons. The summed E-state index contributed by atoms with van der Waals surface area (Å²) in [5, 5.41) is 16.9. The average molecular weight is 320 g/mol. The van der Waals surface area contributed by atoms with E-state index in [0.717, 1.165) is 30.8 Å².